The van der Waals surface area contributed by atoms with Crippen LogP contribution in [0.5, 0.6) is 0 Å². The molecule has 0 radical (unpaired) electrons. The lowest BCUT2D eigenvalue weighted by atomic mass is 10.0. The standard InChI is InChI=1S/C14H19ClN4O2/c15-11-4-2-1-3-10(11)12-8-17-5-6-19(12)14(21)9-18-13(20)7-16/h1-4,12,17H,5-9,16H2,(H,18,20). The highest BCUT2D eigenvalue weighted by atomic mass is 35.5. The molecule has 1 heterocycles. The normalized spacial score (nSPS) is 18.4. The highest BCUT2D eigenvalue weighted by Crippen LogP contribution is 2.28. The van der Waals surface area contributed by atoms with Gasteiger partial charge >= 0.3 is 0 Å². The molecule has 7 heteroatoms. The van der Waals surface area contributed by atoms with Crippen molar-refractivity contribution in [2.75, 3.05) is 32.7 Å². The van der Waals surface area contributed by atoms with Crippen LogP contribution in [0.4, 0.5) is 0 Å². The van der Waals surface area contributed by atoms with Crippen LogP contribution in [0.3, 0.4) is 0 Å². The van der Waals surface area contributed by atoms with Crippen LogP contribution < -0.4 is 16.4 Å². The average Bonchev–Trinajstić information content (AvgIpc) is 2.52. The van der Waals surface area contributed by atoms with E-state index in [2.05, 4.69) is 10.6 Å². The number of nitrogens with zero attached hydrogens (tertiary/aromatic N) is 1. The predicted octanol–water partition coefficient (Wildman–Crippen LogP) is -0.112. The number of rotatable bonds is 4. The molecular weight excluding hydrogens is 292 g/mol. The number of nitrogens with one attached hydrogen (secondary N) is 2. The summed E-state index contributed by atoms with van der Waals surface area (Å²) in [6.07, 6.45) is 0. The lowest BCUT2D eigenvalue weighted by Crippen LogP contribution is -2.51. The molecule has 21 heavy (non-hydrogen) atoms. The van der Waals surface area contributed by atoms with Gasteiger partial charge in [0.2, 0.25) is 11.8 Å². The molecule has 1 atom stereocenters. The van der Waals surface area contributed by atoms with Crippen molar-refractivity contribution in [1.82, 2.24) is 15.5 Å². The van der Waals surface area contributed by atoms with E-state index in [-0.39, 0.29) is 30.9 Å². The van der Waals surface area contributed by atoms with E-state index < -0.39 is 0 Å². The third-order valence-corrected chi connectivity index (χ3v) is 3.79. The quantitative estimate of drug-likeness (QED) is 0.724. The molecule has 4 N–H and O–H groups in total. The van der Waals surface area contributed by atoms with Gasteiger partial charge in [0.25, 0.3) is 0 Å². The van der Waals surface area contributed by atoms with E-state index >= 15 is 0 Å². The van der Waals surface area contributed by atoms with Gasteiger partial charge in [0.05, 0.1) is 19.1 Å². The summed E-state index contributed by atoms with van der Waals surface area (Å²) in [6.45, 7) is 1.77. The minimum atomic E-state index is -0.340. The van der Waals surface area contributed by atoms with Gasteiger partial charge in [-0.2, -0.15) is 0 Å². The largest absolute Gasteiger partial charge is 0.346 e. The Hall–Kier alpha value is -1.63. The van der Waals surface area contributed by atoms with Crippen LogP contribution in [0.15, 0.2) is 24.3 Å². The van der Waals surface area contributed by atoms with Gasteiger partial charge in [-0.25, -0.2) is 0 Å². The van der Waals surface area contributed by atoms with Gasteiger partial charge in [-0.1, -0.05) is 29.8 Å². The lowest BCUT2D eigenvalue weighted by Gasteiger charge is -2.37. The number of amides is 2. The van der Waals surface area contributed by atoms with Crippen molar-refractivity contribution in [3.63, 3.8) is 0 Å². The molecule has 2 amide bonds. The minimum Gasteiger partial charge on any atom is -0.346 e. The second-order valence-corrected chi connectivity index (χ2v) is 5.22. The van der Waals surface area contributed by atoms with E-state index in [9.17, 15) is 9.59 Å². The molecule has 114 valence electrons. The zero-order valence-electron chi connectivity index (χ0n) is 11.6. The van der Waals surface area contributed by atoms with E-state index in [1.807, 2.05) is 24.3 Å². The van der Waals surface area contributed by atoms with Gasteiger partial charge in [0, 0.05) is 24.7 Å². The Morgan fingerprint density at radius 2 is 2.19 bits per heavy atom. The van der Waals surface area contributed by atoms with Gasteiger partial charge in [-0.3, -0.25) is 9.59 Å². The Balaban J connectivity index is 2.10. The van der Waals surface area contributed by atoms with Gasteiger partial charge in [0.15, 0.2) is 0 Å². The van der Waals surface area contributed by atoms with Gasteiger partial charge < -0.3 is 21.3 Å². The third-order valence-electron chi connectivity index (χ3n) is 3.45. The molecular formula is C14H19ClN4O2. The summed E-state index contributed by atoms with van der Waals surface area (Å²) in [7, 11) is 0. The molecule has 1 aliphatic rings. The topological polar surface area (TPSA) is 87.5 Å². The number of piperazine rings is 1. The van der Waals surface area contributed by atoms with Crippen LogP contribution >= 0.6 is 11.6 Å². The average molecular weight is 311 g/mol. The van der Waals surface area contributed by atoms with Crippen LogP contribution in [0.2, 0.25) is 5.02 Å². The molecule has 1 fully saturated rings. The molecule has 1 unspecified atom stereocenters. The van der Waals surface area contributed by atoms with Gasteiger partial charge in [0.1, 0.15) is 0 Å². The summed E-state index contributed by atoms with van der Waals surface area (Å²) in [5.74, 6) is -0.476. The van der Waals surface area contributed by atoms with E-state index in [1.165, 1.54) is 0 Å². The first-order valence-corrected chi connectivity index (χ1v) is 7.22. The van der Waals surface area contributed by atoms with Crippen LogP contribution in [0.1, 0.15) is 11.6 Å². The first kappa shape index (κ1) is 15.8. The third kappa shape index (κ3) is 3.93. The fourth-order valence-corrected chi connectivity index (χ4v) is 2.64. The summed E-state index contributed by atoms with van der Waals surface area (Å²) >= 11 is 6.23. The highest BCUT2D eigenvalue weighted by Gasteiger charge is 2.28. The molecule has 0 bridgehead atoms. The maximum Gasteiger partial charge on any atom is 0.242 e. The van der Waals surface area contributed by atoms with Crippen LogP contribution in [0, 0.1) is 0 Å². The van der Waals surface area contributed by atoms with Crippen molar-refractivity contribution in [3.05, 3.63) is 34.9 Å². The fourth-order valence-electron chi connectivity index (χ4n) is 2.37. The molecule has 1 saturated heterocycles. The van der Waals surface area contributed by atoms with Crippen LogP contribution in [-0.2, 0) is 9.59 Å². The SMILES string of the molecule is NCC(=O)NCC(=O)N1CCNCC1c1ccccc1Cl. The lowest BCUT2D eigenvalue weighted by molar-refractivity contribution is -0.135. The Bertz CT molecular complexity index is 523. The molecule has 0 saturated carbocycles. The summed E-state index contributed by atoms with van der Waals surface area (Å²) in [4.78, 5) is 25.2. The zero-order valence-corrected chi connectivity index (χ0v) is 12.4. The summed E-state index contributed by atoms with van der Waals surface area (Å²) in [5.41, 5.74) is 6.12. The predicted molar refractivity (Wildman–Crippen MR) is 80.8 cm³/mol. The number of carbonyl (C=O) groups excluding carboxylic acids is 2. The Morgan fingerprint density at radius 3 is 2.90 bits per heavy atom. The zero-order chi connectivity index (χ0) is 15.2. The molecule has 0 spiro atoms. The number of benzene rings is 1. The Kier molecular flexibility index (Phi) is 5.55. The highest BCUT2D eigenvalue weighted by molar-refractivity contribution is 6.31. The van der Waals surface area contributed by atoms with Crippen LogP contribution in [-0.4, -0.2) is 49.4 Å². The smallest absolute Gasteiger partial charge is 0.242 e. The second kappa shape index (κ2) is 7.40. The summed E-state index contributed by atoms with van der Waals surface area (Å²) in [6, 6.07) is 7.35. The van der Waals surface area contributed by atoms with Gasteiger partial charge in [-0.15, -0.1) is 0 Å². The fraction of sp³-hybridized carbons (Fsp3) is 0.429. The number of hydrogen-bond donors (Lipinski definition) is 3. The molecule has 1 aromatic carbocycles. The van der Waals surface area contributed by atoms with Crippen molar-refractivity contribution >= 4 is 23.4 Å². The summed E-state index contributed by atoms with van der Waals surface area (Å²) < 4.78 is 0. The van der Waals surface area contributed by atoms with E-state index in [4.69, 9.17) is 17.3 Å². The van der Waals surface area contributed by atoms with Gasteiger partial charge in [-0.05, 0) is 11.6 Å². The first-order valence-electron chi connectivity index (χ1n) is 6.85. The Morgan fingerprint density at radius 1 is 1.43 bits per heavy atom. The molecule has 0 aliphatic carbocycles. The van der Waals surface area contributed by atoms with Crippen molar-refractivity contribution in [3.8, 4) is 0 Å². The van der Waals surface area contributed by atoms with E-state index in [0.29, 0.717) is 18.1 Å². The molecule has 2 rings (SSSR count). The van der Waals surface area contributed by atoms with Crippen molar-refractivity contribution in [2.24, 2.45) is 5.73 Å². The number of carbonyl (C=O) groups is 2. The number of halogens is 1. The Labute approximate surface area is 128 Å². The maximum atomic E-state index is 12.3. The first-order chi connectivity index (χ1) is 10.1. The van der Waals surface area contributed by atoms with Crippen molar-refractivity contribution in [2.45, 2.75) is 6.04 Å². The maximum absolute atomic E-state index is 12.3. The second-order valence-electron chi connectivity index (χ2n) is 4.81. The molecule has 1 aromatic rings. The van der Waals surface area contributed by atoms with E-state index in [1.54, 1.807) is 4.90 Å². The van der Waals surface area contributed by atoms with Crippen LogP contribution in [0.25, 0.3) is 0 Å². The molecule has 1 aliphatic heterocycles. The van der Waals surface area contributed by atoms with Crippen molar-refractivity contribution in [1.29, 1.82) is 0 Å². The monoisotopic (exact) mass is 310 g/mol. The van der Waals surface area contributed by atoms with Crippen molar-refractivity contribution < 1.29 is 9.59 Å². The molecule has 6 nitrogen and oxygen atoms in total. The number of hydrogen-bond acceptors (Lipinski definition) is 4. The molecule has 0 aromatic heterocycles. The summed E-state index contributed by atoms with van der Waals surface area (Å²) in [5, 5.41) is 6.40. The number of nitrogens with two attached hydrogens (primary N) is 1. The van der Waals surface area contributed by atoms with E-state index in [0.717, 1.165) is 12.1 Å². The minimum absolute atomic E-state index is 0.0447.